The highest BCUT2D eigenvalue weighted by molar-refractivity contribution is 6.26. The van der Waals surface area contributed by atoms with Gasteiger partial charge in [0.2, 0.25) is 0 Å². The van der Waals surface area contributed by atoms with Gasteiger partial charge in [-0.2, -0.15) is 0 Å². The molecule has 1 heterocycles. The van der Waals surface area contributed by atoms with Crippen molar-refractivity contribution in [1.82, 2.24) is 4.57 Å². The van der Waals surface area contributed by atoms with Gasteiger partial charge < -0.3 is 9.47 Å². The minimum atomic E-state index is -0.553. The molecule has 71 heavy (non-hydrogen) atoms. The van der Waals surface area contributed by atoms with Gasteiger partial charge in [0.1, 0.15) is 0 Å². The average molecular weight is 899 g/mol. The lowest BCUT2D eigenvalue weighted by Crippen LogP contribution is -2.26. The Bertz CT molecular complexity index is 4480. The molecule has 2 heteroatoms. The van der Waals surface area contributed by atoms with Crippen LogP contribution in [0.4, 0.5) is 17.1 Å². The maximum atomic E-state index is 2.61. The zero-order valence-electron chi connectivity index (χ0n) is 38.6. The Morgan fingerprint density at radius 3 is 1.27 bits per heavy atom. The Labute approximate surface area is 410 Å². The van der Waals surface area contributed by atoms with Crippen LogP contribution in [0, 0.1) is 0 Å². The Morgan fingerprint density at radius 1 is 0.268 bits per heavy atom. The molecule has 1 aromatic heterocycles. The van der Waals surface area contributed by atoms with E-state index in [0.29, 0.717) is 0 Å². The third kappa shape index (κ3) is 5.10. The zero-order valence-corrected chi connectivity index (χ0v) is 38.6. The maximum absolute atomic E-state index is 2.61. The molecule has 0 bridgehead atoms. The summed E-state index contributed by atoms with van der Waals surface area (Å²) in [6.45, 7) is 0. The highest BCUT2D eigenvalue weighted by Gasteiger charge is 2.52. The molecule has 2 aliphatic rings. The SMILES string of the molecule is c1ccc2c(c1)-c1ccccc1C21c2ccccc2-c2cc(-n3c4ccccc4c4ccccc43)c(N(c3ccc4c5ccccc5c5ccccc5c4c3)c3cc4ccccc4c4ccccc34)cc21. The molecular formula is C69H42N2. The third-order valence-electron chi connectivity index (χ3n) is 16.1. The van der Waals surface area contributed by atoms with Gasteiger partial charge in [-0.3, -0.25) is 0 Å². The van der Waals surface area contributed by atoms with E-state index in [1.807, 2.05) is 0 Å². The van der Waals surface area contributed by atoms with Gasteiger partial charge in [0.25, 0.3) is 0 Å². The molecule has 2 nitrogen and oxygen atoms in total. The van der Waals surface area contributed by atoms with Gasteiger partial charge in [0.05, 0.1) is 33.5 Å². The third-order valence-corrected chi connectivity index (χ3v) is 16.1. The fraction of sp³-hybridized carbons (Fsp3) is 0.0145. The second-order valence-electron chi connectivity index (χ2n) is 19.5. The van der Waals surface area contributed by atoms with E-state index in [0.717, 1.165) is 22.7 Å². The first kappa shape index (κ1) is 38.7. The van der Waals surface area contributed by atoms with Crippen molar-refractivity contribution < 1.29 is 0 Å². The number of aromatic nitrogens is 1. The Kier molecular flexibility index (Phi) is 7.85. The van der Waals surface area contributed by atoms with Crippen LogP contribution in [0.15, 0.2) is 255 Å². The largest absolute Gasteiger partial charge is 0.308 e. The molecule has 0 radical (unpaired) electrons. The van der Waals surface area contributed by atoms with Crippen molar-refractivity contribution >= 4 is 92.7 Å². The summed E-state index contributed by atoms with van der Waals surface area (Å²) in [7, 11) is 0. The molecule has 16 rings (SSSR count). The van der Waals surface area contributed by atoms with E-state index in [-0.39, 0.29) is 0 Å². The minimum Gasteiger partial charge on any atom is -0.308 e. The normalized spacial score (nSPS) is 13.2. The molecule has 2 aliphatic carbocycles. The predicted molar refractivity (Wildman–Crippen MR) is 299 cm³/mol. The number of para-hydroxylation sites is 2. The van der Waals surface area contributed by atoms with Crippen molar-refractivity contribution in [3.8, 4) is 27.9 Å². The van der Waals surface area contributed by atoms with Gasteiger partial charge >= 0.3 is 0 Å². The molecule has 14 aromatic rings. The Balaban J connectivity index is 1.12. The molecule has 328 valence electrons. The number of anilines is 3. The molecule has 0 unspecified atom stereocenters. The predicted octanol–water partition coefficient (Wildman–Crippen LogP) is 18.4. The van der Waals surface area contributed by atoms with Crippen LogP contribution in [0.3, 0.4) is 0 Å². The molecule has 0 aliphatic heterocycles. The first-order chi connectivity index (χ1) is 35.3. The number of hydrogen-bond acceptors (Lipinski definition) is 1. The summed E-state index contributed by atoms with van der Waals surface area (Å²) >= 11 is 0. The molecule has 0 saturated heterocycles. The van der Waals surface area contributed by atoms with Crippen LogP contribution in [0.5, 0.6) is 0 Å². The number of hydrogen-bond donors (Lipinski definition) is 0. The molecule has 0 saturated carbocycles. The zero-order chi connectivity index (χ0) is 46.4. The molecule has 1 spiro atoms. The van der Waals surface area contributed by atoms with Crippen LogP contribution in [0.25, 0.3) is 104 Å². The second-order valence-corrected chi connectivity index (χ2v) is 19.5. The standard InChI is InChI=1S/C69H42N2/c1-2-20-45-43(19-1)39-66(55-29-8-7-21-46(45)55)70(44-37-38-51-49-24-4-3-22-47(49)48-23-5-6-25-50(48)58(51)40-44)68-42-63-59(41-67(68)71-64-35-17-12-30-56(64)57-31-13-18-36-65(57)71)54-28-11-16-34-62(54)69(63)60-32-14-9-26-52(60)53-27-10-15-33-61(53)69/h1-42H. The second kappa shape index (κ2) is 14.4. The maximum Gasteiger partial charge on any atom is 0.0726 e. The monoisotopic (exact) mass is 898 g/mol. The average Bonchev–Trinajstić information content (AvgIpc) is 4.05. The van der Waals surface area contributed by atoms with Crippen molar-refractivity contribution in [2.75, 3.05) is 4.90 Å². The smallest absolute Gasteiger partial charge is 0.0726 e. The van der Waals surface area contributed by atoms with E-state index in [9.17, 15) is 0 Å². The van der Waals surface area contributed by atoms with Crippen molar-refractivity contribution in [2.45, 2.75) is 5.41 Å². The summed E-state index contributed by atoms with van der Waals surface area (Å²) in [4.78, 5) is 2.61. The summed E-state index contributed by atoms with van der Waals surface area (Å²) in [5.41, 5.74) is 16.6. The van der Waals surface area contributed by atoms with Crippen LogP contribution in [-0.4, -0.2) is 4.57 Å². The lowest BCUT2D eigenvalue weighted by atomic mass is 9.70. The minimum absolute atomic E-state index is 0.553. The number of benzene rings is 13. The summed E-state index contributed by atoms with van der Waals surface area (Å²) < 4.78 is 2.55. The molecule has 0 fully saturated rings. The first-order valence-corrected chi connectivity index (χ1v) is 24.8. The lowest BCUT2D eigenvalue weighted by molar-refractivity contribution is 0.793. The fourth-order valence-corrected chi connectivity index (χ4v) is 13.3. The highest BCUT2D eigenvalue weighted by Crippen LogP contribution is 2.64. The van der Waals surface area contributed by atoms with Gasteiger partial charge in [-0.1, -0.05) is 212 Å². The summed E-state index contributed by atoms with van der Waals surface area (Å²) in [5.74, 6) is 0. The van der Waals surface area contributed by atoms with Gasteiger partial charge in [0, 0.05) is 21.8 Å². The molecular weight excluding hydrogens is 857 g/mol. The lowest BCUT2D eigenvalue weighted by Gasteiger charge is -2.34. The molecule has 0 amide bonds. The summed E-state index contributed by atoms with van der Waals surface area (Å²) in [6.07, 6.45) is 0. The number of rotatable bonds is 4. The Hall–Kier alpha value is -9.24. The van der Waals surface area contributed by atoms with Crippen molar-refractivity contribution in [3.05, 3.63) is 277 Å². The molecule has 13 aromatic carbocycles. The van der Waals surface area contributed by atoms with Crippen LogP contribution in [0.2, 0.25) is 0 Å². The van der Waals surface area contributed by atoms with Crippen LogP contribution < -0.4 is 4.90 Å². The Morgan fingerprint density at radius 2 is 0.690 bits per heavy atom. The summed E-state index contributed by atoms with van der Waals surface area (Å²) in [6, 6.07) is 95.9. The van der Waals surface area contributed by atoms with E-state index in [4.69, 9.17) is 0 Å². The van der Waals surface area contributed by atoms with Gasteiger partial charge in [-0.15, -0.1) is 0 Å². The fourth-order valence-electron chi connectivity index (χ4n) is 13.3. The van der Waals surface area contributed by atoms with Crippen LogP contribution >= 0.6 is 0 Å². The molecule has 0 atom stereocenters. The number of fused-ring (bicyclic) bond motifs is 22. The van der Waals surface area contributed by atoms with Crippen molar-refractivity contribution in [1.29, 1.82) is 0 Å². The summed E-state index contributed by atoms with van der Waals surface area (Å²) in [5, 5.41) is 14.8. The van der Waals surface area contributed by atoms with E-state index >= 15 is 0 Å². The highest BCUT2D eigenvalue weighted by atomic mass is 15.2. The first-order valence-electron chi connectivity index (χ1n) is 24.8. The quantitative estimate of drug-likeness (QED) is 0.160. The van der Waals surface area contributed by atoms with Gasteiger partial charge in [-0.25, -0.2) is 0 Å². The van der Waals surface area contributed by atoms with Gasteiger partial charge in [-0.05, 0) is 135 Å². The van der Waals surface area contributed by atoms with Crippen LogP contribution in [-0.2, 0) is 5.41 Å². The van der Waals surface area contributed by atoms with E-state index in [1.165, 1.54) is 120 Å². The van der Waals surface area contributed by atoms with Gasteiger partial charge in [0.15, 0.2) is 0 Å². The van der Waals surface area contributed by atoms with E-state index in [2.05, 4.69) is 264 Å². The van der Waals surface area contributed by atoms with Crippen molar-refractivity contribution in [2.24, 2.45) is 0 Å². The molecule has 0 N–H and O–H groups in total. The van der Waals surface area contributed by atoms with Crippen LogP contribution in [0.1, 0.15) is 22.3 Å². The number of nitrogens with zero attached hydrogens (tertiary/aromatic N) is 2. The topological polar surface area (TPSA) is 8.17 Å². The van der Waals surface area contributed by atoms with Crippen molar-refractivity contribution in [3.63, 3.8) is 0 Å². The van der Waals surface area contributed by atoms with E-state index in [1.54, 1.807) is 0 Å². The van der Waals surface area contributed by atoms with E-state index < -0.39 is 5.41 Å².